The van der Waals surface area contributed by atoms with Gasteiger partial charge in [0.1, 0.15) is 0 Å². The van der Waals surface area contributed by atoms with Crippen molar-refractivity contribution in [1.82, 2.24) is 4.90 Å². The molecule has 2 aromatic rings. The molecule has 0 unspecified atom stereocenters. The van der Waals surface area contributed by atoms with Gasteiger partial charge in [-0.3, -0.25) is 14.5 Å². The summed E-state index contributed by atoms with van der Waals surface area (Å²) in [5, 5.41) is 0. The van der Waals surface area contributed by atoms with Crippen molar-refractivity contribution in [2.75, 3.05) is 13.7 Å². The predicted molar refractivity (Wildman–Crippen MR) is 106 cm³/mol. The van der Waals surface area contributed by atoms with Gasteiger partial charge in [0.05, 0.1) is 23.4 Å². The fourth-order valence-corrected chi connectivity index (χ4v) is 6.08. The lowest BCUT2D eigenvalue weighted by Gasteiger charge is -2.56. The van der Waals surface area contributed by atoms with Crippen LogP contribution in [0.3, 0.4) is 0 Å². The van der Waals surface area contributed by atoms with E-state index >= 15 is 0 Å². The van der Waals surface area contributed by atoms with Crippen molar-refractivity contribution < 1.29 is 14.3 Å². The molecule has 2 aromatic carbocycles. The van der Waals surface area contributed by atoms with Crippen LogP contribution in [0.1, 0.15) is 35.1 Å². The number of ether oxygens (including phenoxy) is 1. The van der Waals surface area contributed by atoms with Crippen molar-refractivity contribution >= 4 is 11.8 Å². The molecule has 142 valence electrons. The van der Waals surface area contributed by atoms with Gasteiger partial charge in [-0.15, -0.1) is 6.58 Å². The minimum Gasteiger partial charge on any atom is -0.380 e. The Hall–Kier alpha value is -2.72. The van der Waals surface area contributed by atoms with E-state index in [0.717, 1.165) is 22.3 Å². The number of nitrogens with zero attached hydrogens (tertiary/aromatic N) is 1. The van der Waals surface area contributed by atoms with E-state index in [1.54, 1.807) is 13.2 Å². The van der Waals surface area contributed by atoms with E-state index in [1.165, 1.54) is 4.90 Å². The molecule has 2 amide bonds. The molecule has 3 atom stereocenters. The van der Waals surface area contributed by atoms with Gasteiger partial charge in [0, 0.05) is 19.6 Å². The molecular weight excluding hydrogens is 350 g/mol. The zero-order valence-corrected chi connectivity index (χ0v) is 16.1. The number of imide groups is 1. The number of carbonyl (C=O) groups excluding carboxylic acids is 2. The van der Waals surface area contributed by atoms with E-state index < -0.39 is 17.3 Å². The summed E-state index contributed by atoms with van der Waals surface area (Å²) in [4.78, 5) is 28.4. The molecule has 2 bridgehead atoms. The Bertz CT molecular complexity index is 963. The molecule has 0 aromatic heterocycles. The number of amides is 2. The highest BCUT2D eigenvalue weighted by Gasteiger charge is 2.69. The van der Waals surface area contributed by atoms with Gasteiger partial charge in [0.25, 0.3) is 0 Å². The Balaban J connectivity index is 1.89. The van der Waals surface area contributed by atoms with Crippen molar-refractivity contribution in [2.24, 2.45) is 11.8 Å². The summed E-state index contributed by atoms with van der Waals surface area (Å²) in [7, 11) is 1.68. The largest absolute Gasteiger partial charge is 0.380 e. The summed E-state index contributed by atoms with van der Waals surface area (Å²) in [5.41, 5.74) is 3.86. The summed E-state index contributed by atoms with van der Waals surface area (Å²) in [6.07, 6.45) is 1.37. The van der Waals surface area contributed by atoms with Crippen molar-refractivity contribution in [3.8, 4) is 0 Å². The third-order valence-electron chi connectivity index (χ3n) is 7.08. The molecule has 1 heterocycles. The summed E-state index contributed by atoms with van der Waals surface area (Å²) in [6.45, 7) is 6.01. The summed E-state index contributed by atoms with van der Waals surface area (Å²) in [5.74, 6) is -1.14. The van der Waals surface area contributed by atoms with Gasteiger partial charge in [-0.05, 0) is 29.2 Å². The second kappa shape index (κ2) is 5.89. The van der Waals surface area contributed by atoms with E-state index in [1.807, 2.05) is 31.2 Å². The van der Waals surface area contributed by atoms with Crippen LogP contribution in [-0.4, -0.2) is 36.5 Å². The SMILES string of the molecule is C=CCN1C(=O)[C@@H]2C3c4ccccc4C([C@@H](C)OC)(c4ccccc43)[C@@H]2C1=O. The molecule has 1 saturated heterocycles. The Kier molecular flexibility index (Phi) is 3.65. The van der Waals surface area contributed by atoms with E-state index in [-0.39, 0.29) is 30.4 Å². The summed E-state index contributed by atoms with van der Waals surface area (Å²) < 4.78 is 5.91. The normalized spacial score (nSPS) is 30.6. The van der Waals surface area contributed by atoms with Crippen molar-refractivity contribution in [3.63, 3.8) is 0 Å². The van der Waals surface area contributed by atoms with E-state index in [4.69, 9.17) is 4.74 Å². The first-order valence-electron chi connectivity index (χ1n) is 9.76. The molecule has 1 fully saturated rings. The maximum Gasteiger partial charge on any atom is 0.234 e. The van der Waals surface area contributed by atoms with Crippen LogP contribution in [0, 0.1) is 11.8 Å². The number of benzene rings is 2. The van der Waals surface area contributed by atoms with Crippen LogP contribution in [0.15, 0.2) is 61.2 Å². The van der Waals surface area contributed by atoms with Gasteiger partial charge in [-0.2, -0.15) is 0 Å². The van der Waals surface area contributed by atoms with Gasteiger partial charge in [0.2, 0.25) is 11.8 Å². The van der Waals surface area contributed by atoms with Crippen molar-refractivity contribution in [1.29, 1.82) is 0 Å². The Labute approximate surface area is 164 Å². The lowest BCUT2D eigenvalue weighted by molar-refractivity contribution is -0.140. The maximum atomic E-state index is 13.6. The Morgan fingerprint density at radius 2 is 1.64 bits per heavy atom. The van der Waals surface area contributed by atoms with Gasteiger partial charge in [0.15, 0.2) is 0 Å². The first-order valence-corrected chi connectivity index (χ1v) is 9.76. The highest BCUT2D eigenvalue weighted by Crippen LogP contribution is 2.65. The van der Waals surface area contributed by atoms with Crippen LogP contribution in [0.25, 0.3) is 0 Å². The molecule has 3 aliphatic carbocycles. The first kappa shape index (κ1) is 17.4. The monoisotopic (exact) mass is 373 g/mol. The van der Waals surface area contributed by atoms with Crippen LogP contribution in [-0.2, 0) is 19.7 Å². The maximum absolute atomic E-state index is 13.6. The van der Waals surface area contributed by atoms with Gasteiger partial charge >= 0.3 is 0 Å². The second-order valence-electron chi connectivity index (χ2n) is 7.98. The predicted octanol–water partition coefficient (Wildman–Crippen LogP) is 3.25. The van der Waals surface area contributed by atoms with Crippen molar-refractivity contribution in [3.05, 3.63) is 83.4 Å². The van der Waals surface area contributed by atoms with E-state index in [0.29, 0.717) is 0 Å². The van der Waals surface area contributed by atoms with Crippen LogP contribution < -0.4 is 0 Å². The number of likely N-dealkylation sites (tertiary alicyclic amines) is 1. The molecule has 28 heavy (non-hydrogen) atoms. The fraction of sp³-hybridized carbons (Fsp3) is 0.333. The van der Waals surface area contributed by atoms with Gasteiger partial charge < -0.3 is 4.74 Å². The molecule has 1 aliphatic heterocycles. The lowest BCUT2D eigenvalue weighted by Crippen LogP contribution is -2.59. The molecule has 0 saturated carbocycles. The van der Waals surface area contributed by atoms with Gasteiger partial charge in [-0.25, -0.2) is 0 Å². The first-order chi connectivity index (χ1) is 13.6. The summed E-state index contributed by atoms with van der Waals surface area (Å²) >= 11 is 0. The fourth-order valence-electron chi connectivity index (χ4n) is 6.08. The molecule has 4 heteroatoms. The molecule has 6 rings (SSSR count). The minimum atomic E-state index is -0.677. The Morgan fingerprint density at radius 3 is 2.18 bits per heavy atom. The van der Waals surface area contributed by atoms with E-state index in [9.17, 15) is 9.59 Å². The average Bonchev–Trinajstić information content (AvgIpc) is 2.99. The molecule has 0 spiro atoms. The standard InChI is InChI=1S/C24H23NO3/c1-4-13-25-22(26)20-19-15-9-5-7-11-17(15)24(14(2)28-3,21(20)23(25)27)18-12-8-6-10-16(18)19/h4-12,14,19-21H,1,13H2,2-3H3/t14-,19?,20-,21+,24?/m1/s1. The molecule has 0 radical (unpaired) electrons. The smallest absolute Gasteiger partial charge is 0.234 e. The summed E-state index contributed by atoms with van der Waals surface area (Å²) in [6, 6.07) is 16.5. The van der Waals surface area contributed by atoms with Crippen LogP contribution >= 0.6 is 0 Å². The number of carbonyl (C=O) groups is 2. The topological polar surface area (TPSA) is 46.6 Å². The number of methoxy groups -OCH3 is 1. The van der Waals surface area contributed by atoms with Crippen molar-refractivity contribution in [2.45, 2.75) is 24.4 Å². The molecule has 4 nitrogen and oxygen atoms in total. The van der Waals surface area contributed by atoms with E-state index in [2.05, 4.69) is 30.8 Å². The quantitative estimate of drug-likeness (QED) is 0.611. The minimum absolute atomic E-state index is 0.0865. The van der Waals surface area contributed by atoms with Gasteiger partial charge in [-0.1, -0.05) is 54.6 Å². The number of hydrogen-bond acceptors (Lipinski definition) is 3. The van der Waals surface area contributed by atoms with Crippen LogP contribution in [0.2, 0.25) is 0 Å². The number of hydrogen-bond donors (Lipinski definition) is 0. The van der Waals surface area contributed by atoms with Crippen LogP contribution in [0.5, 0.6) is 0 Å². The molecule has 0 N–H and O–H groups in total. The molecule has 4 aliphatic rings. The molecular formula is C24H23NO3. The number of rotatable bonds is 4. The van der Waals surface area contributed by atoms with Crippen LogP contribution in [0.4, 0.5) is 0 Å². The lowest BCUT2D eigenvalue weighted by atomic mass is 9.46. The highest BCUT2D eigenvalue weighted by molar-refractivity contribution is 6.08. The second-order valence-corrected chi connectivity index (χ2v) is 7.98. The zero-order valence-electron chi connectivity index (χ0n) is 16.1. The highest BCUT2D eigenvalue weighted by atomic mass is 16.5. The Morgan fingerprint density at radius 1 is 1.07 bits per heavy atom. The zero-order chi connectivity index (χ0) is 19.6. The third-order valence-corrected chi connectivity index (χ3v) is 7.08. The average molecular weight is 373 g/mol. The third kappa shape index (κ3) is 1.79.